The maximum Gasteiger partial charge on any atom is 1.00 e. The second kappa shape index (κ2) is 7.00. The van der Waals surface area contributed by atoms with Crippen molar-refractivity contribution in [3.8, 4) is 5.75 Å². The number of amides is 1. The van der Waals surface area contributed by atoms with Crippen molar-refractivity contribution < 1.29 is 40.9 Å². The molecule has 1 amide bonds. The van der Waals surface area contributed by atoms with Crippen molar-refractivity contribution in [2.24, 2.45) is 7.05 Å². The molecule has 6 heteroatoms. The van der Waals surface area contributed by atoms with Gasteiger partial charge in [0.15, 0.2) is 0 Å². The third-order valence-corrected chi connectivity index (χ3v) is 3.53. The minimum absolute atomic E-state index is 0. The van der Waals surface area contributed by atoms with E-state index in [4.69, 9.17) is 0 Å². The average molecular weight is 318 g/mol. The van der Waals surface area contributed by atoms with Gasteiger partial charge in [-0.15, -0.1) is 0 Å². The van der Waals surface area contributed by atoms with Gasteiger partial charge in [-0.3, -0.25) is 9.59 Å². The first-order valence-corrected chi connectivity index (χ1v) is 6.76. The zero-order valence-corrected chi connectivity index (χ0v) is 14.9. The number of fused-ring (bicyclic) bond motifs is 1. The monoisotopic (exact) mass is 318 g/mol. The first kappa shape index (κ1) is 17.3. The summed E-state index contributed by atoms with van der Waals surface area (Å²) in [5, 5.41) is 13.4. The molecule has 1 aromatic heterocycles. The molecule has 3 aromatic rings. The largest absolute Gasteiger partial charge is 1.00 e. The number of aryl methyl sites for hydroxylation is 1. The summed E-state index contributed by atoms with van der Waals surface area (Å²) in [5.74, 6) is -0.929. The minimum Gasteiger partial charge on any atom is -1.00 e. The third-order valence-electron chi connectivity index (χ3n) is 3.53. The molecule has 0 atom stereocenters. The van der Waals surface area contributed by atoms with Crippen molar-refractivity contribution in [1.82, 2.24) is 4.57 Å². The smallest absolute Gasteiger partial charge is 1.00 e. The fraction of sp³-hybridized carbons (Fsp3) is 0.0588. The first-order chi connectivity index (χ1) is 10.6. The van der Waals surface area contributed by atoms with Crippen molar-refractivity contribution in [1.29, 1.82) is 0 Å². The number of hydrogen-bond acceptors (Lipinski definition) is 3. The van der Waals surface area contributed by atoms with Gasteiger partial charge in [0, 0.05) is 18.1 Å². The molecule has 0 aliphatic carbocycles. The van der Waals surface area contributed by atoms with Crippen LogP contribution in [0.2, 0.25) is 0 Å². The van der Waals surface area contributed by atoms with Gasteiger partial charge in [-0.2, -0.15) is 0 Å². The topological polar surface area (TPSA) is 71.3 Å². The molecule has 1 heterocycles. The van der Waals surface area contributed by atoms with Crippen LogP contribution < -0.4 is 40.4 Å². The Bertz CT molecular complexity index is 926. The Kier molecular flexibility index (Phi) is 5.26. The van der Waals surface area contributed by atoms with E-state index >= 15 is 0 Å². The molecule has 0 unspecified atom stereocenters. The third kappa shape index (κ3) is 3.17. The Morgan fingerprint density at radius 1 is 1.09 bits per heavy atom. The second-order valence-corrected chi connectivity index (χ2v) is 4.93. The molecule has 0 bridgehead atoms. The van der Waals surface area contributed by atoms with Gasteiger partial charge < -0.3 is 16.4 Å². The van der Waals surface area contributed by atoms with Gasteiger partial charge in [-0.05, 0) is 24.3 Å². The van der Waals surface area contributed by atoms with Crippen LogP contribution in [0.15, 0.2) is 59.4 Å². The van der Waals surface area contributed by atoms with E-state index in [-0.39, 0.29) is 42.3 Å². The van der Waals surface area contributed by atoms with E-state index < -0.39 is 11.5 Å². The minimum atomic E-state index is -0.630. The molecule has 23 heavy (non-hydrogen) atoms. The van der Waals surface area contributed by atoms with E-state index in [1.54, 1.807) is 55.6 Å². The molecular weight excluding hydrogens is 303 g/mol. The van der Waals surface area contributed by atoms with Crippen LogP contribution in [0.1, 0.15) is 11.8 Å². The molecule has 5 nitrogen and oxygen atoms in total. The summed E-state index contributed by atoms with van der Waals surface area (Å²) < 4.78 is 1.36. The van der Waals surface area contributed by atoms with E-state index in [1.165, 1.54) is 4.57 Å². The molecule has 3 rings (SSSR count). The van der Waals surface area contributed by atoms with Crippen LogP contribution in [-0.4, -0.2) is 15.6 Å². The molecule has 2 N–H and O–H groups in total. The summed E-state index contributed by atoms with van der Waals surface area (Å²) in [6.45, 7) is 0. The predicted molar refractivity (Wildman–Crippen MR) is 86.4 cm³/mol. The van der Waals surface area contributed by atoms with Gasteiger partial charge in [0.25, 0.3) is 11.5 Å². The van der Waals surface area contributed by atoms with Crippen molar-refractivity contribution in [2.75, 3.05) is 5.32 Å². The Labute approximate surface area is 156 Å². The van der Waals surface area contributed by atoms with Gasteiger partial charge in [-0.1, -0.05) is 30.3 Å². The van der Waals surface area contributed by atoms with Gasteiger partial charge in [0.1, 0.15) is 11.3 Å². The molecule has 2 aromatic carbocycles. The number of para-hydroxylation sites is 2. The van der Waals surface area contributed by atoms with Crippen LogP contribution in [0.25, 0.3) is 10.9 Å². The zero-order valence-electron chi connectivity index (χ0n) is 13.9. The van der Waals surface area contributed by atoms with E-state index in [2.05, 4.69) is 5.32 Å². The van der Waals surface area contributed by atoms with Gasteiger partial charge in [0.2, 0.25) is 0 Å². The van der Waals surface area contributed by atoms with Crippen molar-refractivity contribution in [3.05, 3.63) is 70.5 Å². The van der Waals surface area contributed by atoms with Crippen LogP contribution in [0.3, 0.4) is 0 Å². The van der Waals surface area contributed by atoms with E-state index in [0.717, 1.165) is 0 Å². The molecule has 0 saturated carbocycles. The molecule has 0 aliphatic heterocycles. The Morgan fingerprint density at radius 2 is 1.70 bits per heavy atom. The van der Waals surface area contributed by atoms with E-state index in [9.17, 15) is 14.7 Å². The first-order valence-electron chi connectivity index (χ1n) is 6.76. The summed E-state index contributed by atoms with van der Waals surface area (Å²) in [6, 6.07) is 15.7. The number of pyridine rings is 1. The van der Waals surface area contributed by atoms with Crippen LogP contribution in [0, 0.1) is 0 Å². The zero-order chi connectivity index (χ0) is 15.7. The standard InChI is InChI=1S/C17H14N2O3.Na.H/c1-19-13-10-6-5-9-12(13)15(20)14(17(19)22)16(21)18-11-7-3-2-4-8-11;;/h2-10,20H,1H3,(H,18,21);;/q;+1;-1. The van der Waals surface area contributed by atoms with E-state index in [1.807, 2.05) is 6.07 Å². The molecule has 0 spiro atoms. The van der Waals surface area contributed by atoms with Crippen LogP contribution in [0.4, 0.5) is 5.69 Å². The van der Waals surface area contributed by atoms with Crippen molar-refractivity contribution in [2.45, 2.75) is 0 Å². The number of rotatable bonds is 2. The predicted octanol–water partition coefficient (Wildman–Crippen LogP) is -0.387. The number of aromatic nitrogens is 1. The maximum absolute atomic E-state index is 12.4. The molecule has 0 fully saturated rings. The van der Waals surface area contributed by atoms with Crippen molar-refractivity contribution in [3.63, 3.8) is 0 Å². The molecular formula is C17H15N2NaO3. The van der Waals surface area contributed by atoms with Crippen LogP contribution >= 0.6 is 0 Å². The summed E-state index contributed by atoms with van der Waals surface area (Å²) >= 11 is 0. The van der Waals surface area contributed by atoms with Gasteiger partial charge in [-0.25, -0.2) is 0 Å². The maximum atomic E-state index is 12.4. The number of anilines is 1. The quantitative estimate of drug-likeness (QED) is 0.633. The Balaban J connectivity index is 0.00000144. The number of carbonyl (C=O) groups excluding carboxylic acids is 1. The molecule has 0 saturated heterocycles. The Morgan fingerprint density at radius 3 is 2.39 bits per heavy atom. The Hall–Kier alpha value is -2.08. The number of carbonyl (C=O) groups is 1. The van der Waals surface area contributed by atoms with Crippen LogP contribution in [0.5, 0.6) is 5.75 Å². The number of benzene rings is 2. The molecule has 0 aliphatic rings. The van der Waals surface area contributed by atoms with Gasteiger partial charge >= 0.3 is 29.6 Å². The normalized spacial score (nSPS) is 10.1. The fourth-order valence-corrected chi connectivity index (χ4v) is 2.40. The summed E-state index contributed by atoms with van der Waals surface area (Å²) in [4.78, 5) is 24.7. The fourth-order valence-electron chi connectivity index (χ4n) is 2.40. The average Bonchev–Trinajstić information content (AvgIpc) is 2.54. The summed E-state index contributed by atoms with van der Waals surface area (Å²) in [5.41, 5.74) is 0.332. The summed E-state index contributed by atoms with van der Waals surface area (Å²) in [7, 11) is 1.57. The molecule has 112 valence electrons. The number of nitrogens with one attached hydrogen (secondary N) is 1. The second-order valence-electron chi connectivity index (χ2n) is 4.93. The number of aromatic hydroxyl groups is 1. The van der Waals surface area contributed by atoms with Crippen molar-refractivity contribution >= 4 is 22.5 Å². The van der Waals surface area contributed by atoms with E-state index in [0.29, 0.717) is 16.6 Å². The van der Waals surface area contributed by atoms with Crippen LogP contribution in [-0.2, 0) is 7.05 Å². The number of nitrogens with zero attached hydrogens (tertiary/aromatic N) is 1. The van der Waals surface area contributed by atoms with Gasteiger partial charge in [0.05, 0.1) is 5.52 Å². The number of hydrogen-bond donors (Lipinski definition) is 2. The SMILES string of the molecule is Cn1c(=O)c(C(=O)Nc2ccccc2)c(O)c2ccccc21.[H-].[Na+]. The molecule has 0 radical (unpaired) electrons. The summed E-state index contributed by atoms with van der Waals surface area (Å²) in [6.07, 6.45) is 0.